The molecule has 600 valence electrons. The van der Waals surface area contributed by atoms with Crippen LogP contribution >= 0.6 is 0 Å². The molecule has 0 radical (unpaired) electrons. The maximum Gasteiger partial charge on any atom is 0.417 e. The summed E-state index contributed by atoms with van der Waals surface area (Å²) in [7, 11) is 3.69. The highest BCUT2D eigenvalue weighted by Gasteiger charge is 2.50. The molecule has 30 heteroatoms. The number of rotatable bonds is 21. The number of fused-ring (bicyclic) bond motifs is 3. The smallest absolute Gasteiger partial charge is 0.417 e. The Morgan fingerprint density at radius 1 is 0.444 bits per heavy atom. The Balaban J connectivity index is 0.000000226. The minimum Gasteiger partial charge on any atom is -0.476 e. The third-order valence-electron chi connectivity index (χ3n) is 21.4. The lowest BCUT2D eigenvalue weighted by molar-refractivity contribution is -0.139. The predicted octanol–water partition coefficient (Wildman–Crippen LogP) is 14.7. The fourth-order valence-electron chi connectivity index (χ4n) is 15.1. The summed E-state index contributed by atoms with van der Waals surface area (Å²) in [6.07, 6.45) is 3.51. The van der Waals surface area contributed by atoms with E-state index in [-0.39, 0.29) is 123 Å². The summed E-state index contributed by atoms with van der Waals surface area (Å²) >= 11 is 0. The molecule has 3 aliphatic heterocycles. The van der Waals surface area contributed by atoms with Crippen molar-refractivity contribution in [2.75, 3.05) is 75.3 Å². The number of alkyl carbamates (subject to hydrolysis) is 3. The quantitative estimate of drug-likeness (QED) is 0.0661. The van der Waals surface area contributed by atoms with Crippen molar-refractivity contribution in [2.24, 2.45) is 0 Å². The molecule has 0 spiro atoms. The second-order valence-corrected chi connectivity index (χ2v) is 29.8. The molecule has 9 amide bonds. The first-order chi connectivity index (χ1) is 50.8. The molecular weight excluding hydrogens is 1420 g/mol. The van der Waals surface area contributed by atoms with Crippen molar-refractivity contribution in [2.45, 2.75) is 271 Å². The first-order valence-electron chi connectivity index (χ1n) is 37.9. The zero-order valence-corrected chi connectivity index (χ0v) is 65.5. The lowest BCUT2D eigenvalue weighted by Crippen LogP contribution is -2.55. The molecule has 3 N–H and O–H groups in total. The zero-order valence-electron chi connectivity index (χ0n) is 65.5. The first kappa shape index (κ1) is 86.5. The number of anilines is 3. The Labute approximate surface area is 630 Å². The highest BCUT2D eigenvalue weighted by atomic mass is 19.4. The number of hydrogen-bond donors (Lipinski definition) is 3. The second-order valence-electron chi connectivity index (χ2n) is 29.8. The van der Waals surface area contributed by atoms with Gasteiger partial charge in [0.1, 0.15) is 17.2 Å². The number of carbonyl (C=O) groups is 9. The number of carbonyl (C=O) groups excluding carboxylic acids is 9. The van der Waals surface area contributed by atoms with Gasteiger partial charge in [-0.2, -0.15) is 26.3 Å². The number of benzene rings is 3. The average molecular weight is 1530 g/mol. The fourth-order valence-corrected chi connectivity index (χ4v) is 15.1. The molecule has 3 aromatic rings. The molecule has 24 nitrogen and oxygen atoms in total. The van der Waals surface area contributed by atoms with Gasteiger partial charge >= 0.3 is 30.6 Å². The summed E-state index contributed by atoms with van der Waals surface area (Å²) in [6.45, 7) is 23.6. The molecule has 108 heavy (non-hydrogen) atoms. The van der Waals surface area contributed by atoms with Crippen LogP contribution in [-0.4, -0.2) is 182 Å². The van der Waals surface area contributed by atoms with E-state index in [1.807, 2.05) is 24.8 Å². The second kappa shape index (κ2) is 36.7. The van der Waals surface area contributed by atoms with E-state index >= 15 is 0 Å². The van der Waals surface area contributed by atoms with Gasteiger partial charge in [-0.3, -0.25) is 28.8 Å². The van der Waals surface area contributed by atoms with Gasteiger partial charge in [-0.25, -0.2) is 14.4 Å². The Hall–Kier alpha value is -8.73. The van der Waals surface area contributed by atoms with Gasteiger partial charge in [-0.05, 0) is 169 Å². The van der Waals surface area contributed by atoms with Crippen LogP contribution in [0.1, 0.15) is 246 Å². The Morgan fingerprint density at radius 3 is 0.935 bits per heavy atom. The number of hydrogen-bond acceptors (Lipinski definition) is 15. The molecule has 3 fully saturated rings. The van der Waals surface area contributed by atoms with Crippen molar-refractivity contribution in [3.63, 3.8) is 0 Å². The number of alkyl halides is 6. The molecule has 3 aliphatic carbocycles. The van der Waals surface area contributed by atoms with Gasteiger partial charge < -0.3 is 73.8 Å². The van der Waals surface area contributed by atoms with Gasteiger partial charge in [0.05, 0.1) is 60.6 Å². The van der Waals surface area contributed by atoms with E-state index in [0.717, 1.165) is 120 Å². The topological polar surface area (TPSA) is 265 Å². The van der Waals surface area contributed by atoms with Gasteiger partial charge in [-0.15, -0.1) is 0 Å². The SMILES string of the molecule is CCC1(C)Oc2cc(C)c(C(=O)N(C(C)C)C3CCCCC3)cc2N(CCNC(=O)OC)C1=O.CC[C@@]1(C)Oc2cc(C(F)(F)F)c(C(=O)N(C(C)C)C3CCCCC3)cc2N(CCNC(=O)OC)C1=O.CC[C@]1(C)Oc2cc(C(F)(F)F)c(C(=O)N(C(C)C)C3CCCCC3)cc2N(CCNC(=O)OC)C1=O. The normalized spacial score (nSPS) is 20.4. The van der Waals surface area contributed by atoms with E-state index in [2.05, 4.69) is 44.0 Å². The summed E-state index contributed by atoms with van der Waals surface area (Å²) in [5.41, 5.74) is -4.97. The summed E-state index contributed by atoms with van der Waals surface area (Å²) in [4.78, 5) is 125. The van der Waals surface area contributed by atoms with Crippen LogP contribution in [0.3, 0.4) is 0 Å². The zero-order chi connectivity index (χ0) is 80.1. The minimum absolute atomic E-state index is 0.00823. The molecule has 3 saturated carbocycles. The maximum atomic E-state index is 14.3. The maximum absolute atomic E-state index is 14.3. The number of nitrogens with one attached hydrogen (secondary N) is 3. The van der Waals surface area contributed by atoms with Crippen LogP contribution in [-0.2, 0) is 40.9 Å². The summed E-state index contributed by atoms with van der Waals surface area (Å²) in [5.74, 6) is -2.29. The molecule has 3 aromatic carbocycles. The number of halogens is 6. The van der Waals surface area contributed by atoms with Crippen LogP contribution in [0.4, 0.5) is 57.8 Å². The van der Waals surface area contributed by atoms with E-state index in [1.54, 1.807) is 69.2 Å². The molecule has 0 bridgehead atoms. The van der Waals surface area contributed by atoms with E-state index in [4.69, 9.17) is 14.2 Å². The van der Waals surface area contributed by atoms with Gasteiger partial charge in [0.15, 0.2) is 16.8 Å². The standard InChI is InChI=1S/2C26H36F3N3O5.C26H39N3O5/c2*1-6-25(4)23(34)31(13-12-30-24(35)36-5)20-14-18(19(26(27,28)29)15-21(20)37-25)22(33)32(16(2)3)17-10-8-7-9-11-17;1-7-26(5)24(31)28(14-13-27-25(32)33-6)21-16-20(18(4)15-22(21)34-26)23(30)29(17(2)3)19-11-9-8-10-12-19/h2*14-17H,6-13H2,1-5H3,(H,30,35);15-17,19H,7-14H2,1-6H3,(H,27,32)/t2*25-;/m10./s1. The summed E-state index contributed by atoms with van der Waals surface area (Å²) in [6, 6.07) is 6.91. The van der Waals surface area contributed by atoms with Crippen molar-refractivity contribution in [1.82, 2.24) is 30.7 Å². The number of ether oxygens (including phenoxy) is 6. The van der Waals surface area contributed by atoms with Gasteiger partial charge in [-0.1, -0.05) is 78.6 Å². The summed E-state index contributed by atoms with van der Waals surface area (Å²) in [5, 5.41) is 7.58. The summed E-state index contributed by atoms with van der Waals surface area (Å²) < 4.78 is 117. The molecule has 1 unspecified atom stereocenters. The van der Waals surface area contributed by atoms with Crippen molar-refractivity contribution >= 4 is 70.8 Å². The largest absolute Gasteiger partial charge is 0.476 e. The van der Waals surface area contributed by atoms with E-state index in [9.17, 15) is 69.5 Å². The highest BCUT2D eigenvalue weighted by Crippen LogP contribution is 2.49. The Morgan fingerprint density at radius 2 is 0.694 bits per heavy atom. The van der Waals surface area contributed by atoms with Crippen LogP contribution in [0, 0.1) is 6.92 Å². The monoisotopic (exact) mass is 1530 g/mol. The van der Waals surface area contributed by atoms with Crippen LogP contribution in [0.15, 0.2) is 36.4 Å². The van der Waals surface area contributed by atoms with Crippen molar-refractivity contribution in [3.8, 4) is 17.2 Å². The Bertz CT molecular complexity index is 3560. The fraction of sp³-hybridized carbons (Fsp3) is 0.654. The number of methoxy groups -OCH3 is 3. The molecule has 0 saturated heterocycles. The lowest BCUT2D eigenvalue weighted by Gasteiger charge is -2.41. The number of nitrogens with zero attached hydrogens (tertiary/aromatic N) is 6. The molecule has 3 atom stereocenters. The molecule has 0 aromatic heterocycles. The Kier molecular flexibility index (Phi) is 29.4. The van der Waals surface area contributed by atoms with E-state index in [1.165, 1.54) is 51.4 Å². The molecular formula is C78H111F6N9O15. The number of aryl methyl sites for hydroxylation is 1. The van der Waals surface area contributed by atoms with Crippen LogP contribution in [0.5, 0.6) is 17.2 Å². The molecule has 9 rings (SSSR count). The van der Waals surface area contributed by atoms with Crippen molar-refractivity contribution in [3.05, 3.63) is 69.8 Å². The van der Waals surface area contributed by atoms with Crippen LogP contribution in [0.2, 0.25) is 0 Å². The van der Waals surface area contributed by atoms with Crippen molar-refractivity contribution in [1.29, 1.82) is 0 Å². The van der Waals surface area contributed by atoms with Crippen LogP contribution < -0.4 is 44.9 Å². The predicted molar refractivity (Wildman–Crippen MR) is 395 cm³/mol. The van der Waals surface area contributed by atoms with E-state index < -0.39 is 93.3 Å². The van der Waals surface area contributed by atoms with Gasteiger partial charge in [0, 0.05) is 81.1 Å². The number of amides is 9. The van der Waals surface area contributed by atoms with Gasteiger partial charge in [0.2, 0.25) is 0 Å². The third-order valence-corrected chi connectivity index (χ3v) is 21.4. The van der Waals surface area contributed by atoms with Crippen LogP contribution in [0.25, 0.3) is 0 Å². The third kappa shape index (κ3) is 19.8. The van der Waals surface area contributed by atoms with Crippen molar-refractivity contribution < 1.29 is 97.9 Å². The van der Waals surface area contributed by atoms with Gasteiger partial charge in [0.25, 0.3) is 35.4 Å². The highest BCUT2D eigenvalue weighted by molar-refractivity contribution is 6.08. The molecule has 3 heterocycles. The first-order valence-corrected chi connectivity index (χ1v) is 37.9. The van der Waals surface area contributed by atoms with E-state index in [0.29, 0.717) is 23.4 Å². The molecule has 6 aliphatic rings. The lowest BCUT2D eigenvalue weighted by atomic mass is 9.91. The average Bonchev–Trinajstić information content (AvgIpc) is 0.753. The minimum atomic E-state index is -4.82.